The molecule has 0 aliphatic heterocycles. The van der Waals surface area contributed by atoms with Crippen LogP contribution in [0.4, 0.5) is 11.4 Å². The third-order valence-electron chi connectivity index (χ3n) is 4.46. The quantitative estimate of drug-likeness (QED) is 0.263. The normalized spacial score (nSPS) is 10.8. The van der Waals surface area contributed by atoms with Gasteiger partial charge in [-0.1, -0.05) is 29.3 Å². The fourth-order valence-corrected chi connectivity index (χ4v) is 2.97. The zero-order chi connectivity index (χ0) is 23.8. The molecule has 0 atom stereocenters. The molecule has 0 unspecified atom stereocenters. The maximum Gasteiger partial charge on any atom is 0.266 e. The lowest BCUT2D eigenvalue weighted by molar-refractivity contribution is -0.118. The molecule has 0 aliphatic rings. The molecular weight excluding hydrogens is 442 g/mol. The second-order valence-corrected chi connectivity index (χ2v) is 7.49. The number of aryl methyl sites for hydroxylation is 1. The number of nitriles is 1. The van der Waals surface area contributed by atoms with Crippen molar-refractivity contribution in [2.75, 3.05) is 17.2 Å². The number of nitrogens with one attached hydrogen (secondary N) is 2. The standard InChI is InChI=1S/C25H20ClN3O4/c1-16-2-5-20(6-3-16)28-24(31)15-33-23-11-4-19(26)13-17(23)12-18(14-27)25(32)29-21-7-9-22(30)10-8-21/h2-13,30H,15H2,1H3,(H,28,31)(H,29,32)/b18-12+. The summed E-state index contributed by atoms with van der Waals surface area (Å²) < 4.78 is 5.62. The second-order valence-electron chi connectivity index (χ2n) is 7.06. The number of benzene rings is 3. The first-order valence-corrected chi connectivity index (χ1v) is 10.2. The van der Waals surface area contributed by atoms with Gasteiger partial charge < -0.3 is 20.5 Å². The minimum Gasteiger partial charge on any atom is -0.508 e. The van der Waals surface area contributed by atoms with E-state index < -0.39 is 5.91 Å². The molecule has 0 saturated carbocycles. The minimum atomic E-state index is -0.647. The van der Waals surface area contributed by atoms with Crippen molar-refractivity contribution in [2.24, 2.45) is 0 Å². The average molecular weight is 462 g/mol. The molecule has 2 amide bonds. The number of phenolic OH excluding ortho intramolecular Hbond substituents is 1. The molecule has 3 rings (SSSR count). The Labute approximate surface area is 195 Å². The Morgan fingerprint density at radius 3 is 2.33 bits per heavy atom. The molecule has 0 spiro atoms. The third-order valence-corrected chi connectivity index (χ3v) is 4.69. The molecule has 3 aromatic rings. The third kappa shape index (κ3) is 6.86. The summed E-state index contributed by atoms with van der Waals surface area (Å²) >= 11 is 6.08. The molecule has 0 aromatic heterocycles. The van der Waals surface area contributed by atoms with E-state index in [-0.39, 0.29) is 29.6 Å². The highest BCUT2D eigenvalue weighted by Gasteiger charge is 2.13. The van der Waals surface area contributed by atoms with E-state index in [1.165, 1.54) is 36.4 Å². The van der Waals surface area contributed by atoms with E-state index in [9.17, 15) is 20.0 Å². The lowest BCUT2D eigenvalue weighted by Gasteiger charge is -2.11. The van der Waals surface area contributed by atoms with Crippen LogP contribution in [0.3, 0.4) is 0 Å². The first kappa shape index (κ1) is 23.4. The van der Waals surface area contributed by atoms with Crippen molar-refractivity contribution in [2.45, 2.75) is 6.92 Å². The summed E-state index contributed by atoms with van der Waals surface area (Å²) in [5, 5.41) is 24.5. The molecule has 0 aliphatic carbocycles. The van der Waals surface area contributed by atoms with Gasteiger partial charge in [-0.05, 0) is 67.6 Å². The number of nitrogens with zero attached hydrogens (tertiary/aromatic N) is 1. The highest BCUT2D eigenvalue weighted by Crippen LogP contribution is 2.26. The van der Waals surface area contributed by atoms with E-state index in [2.05, 4.69) is 10.6 Å². The molecule has 8 heteroatoms. The molecule has 0 saturated heterocycles. The number of carbonyl (C=O) groups is 2. The van der Waals surface area contributed by atoms with Crippen LogP contribution in [0.2, 0.25) is 5.02 Å². The summed E-state index contributed by atoms with van der Waals surface area (Å²) in [5.41, 5.74) is 2.30. The van der Waals surface area contributed by atoms with Crippen molar-refractivity contribution in [1.29, 1.82) is 5.26 Å². The Hall–Kier alpha value is -4.28. The largest absolute Gasteiger partial charge is 0.508 e. The van der Waals surface area contributed by atoms with Crippen LogP contribution in [0.5, 0.6) is 11.5 Å². The number of carbonyl (C=O) groups excluding carboxylic acids is 2. The molecule has 0 radical (unpaired) electrons. The zero-order valence-corrected chi connectivity index (χ0v) is 18.4. The number of halogens is 1. The SMILES string of the molecule is Cc1ccc(NC(=O)COc2ccc(Cl)cc2/C=C(\C#N)C(=O)Nc2ccc(O)cc2)cc1. The zero-order valence-electron chi connectivity index (χ0n) is 17.6. The lowest BCUT2D eigenvalue weighted by Crippen LogP contribution is -2.20. The highest BCUT2D eigenvalue weighted by molar-refractivity contribution is 6.30. The number of rotatable bonds is 7. The van der Waals surface area contributed by atoms with Crippen molar-refractivity contribution in [1.82, 2.24) is 0 Å². The molecular formula is C25H20ClN3O4. The number of aromatic hydroxyl groups is 1. The van der Waals surface area contributed by atoms with Crippen molar-refractivity contribution in [3.63, 3.8) is 0 Å². The Kier molecular flexibility index (Phi) is 7.68. The topological polar surface area (TPSA) is 111 Å². The van der Waals surface area contributed by atoms with E-state index in [0.717, 1.165) is 5.56 Å². The molecule has 3 N–H and O–H groups in total. The van der Waals surface area contributed by atoms with E-state index in [1.807, 2.05) is 25.1 Å². The second kappa shape index (κ2) is 10.8. The number of hydrogen-bond acceptors (Lipinski definition) is 5. The predicted octanol–water partition coefficient (Wildman–Crippen LogP) is 4.92. The smallest absolute Gasteiger partial charge is 0.266 e. The average Bonchev–Trinajstić information content (AvgIpc) is 2.79. The van der Waals surface area contributed by atoms with Gasteiger partial charge in [-0.15, -0.1) is 0 Å². The number of phenols is 1. The van der Waals surface area contributed by atoms with Crippen molar-refractivity contribution < 1.29 is 19.4 Å². The van der Waals surface area contributed by atoms with Crippen molar-refractivity contribution in [3.05, 3.63) is 88.5 Å². The fourth-order valence-electron chi connectivity index (χ4n) is 2.79. The van der Waals surface area contributed by atoms with Gasteiger partial charge in [0.25, 0.3) is 11.8 Å². The fraction of sp³-hybridized carbons (Fsp3) is 0.0800. The van der Waals surface area contributed by atoms with Crippen LogP contribution in [0.1, 0.15) is 11.1 Å². The monoisotopic (exact) mass is 461 g/mol. The number of anilines is 2. The Morgan fingerprint density at radius 2 is 1.67 bits per heavy atom. The van der Waals surface area contributed by atoms with Crippen LogP contribution >= 0.6 is 11.6 Å². The molecule has 0 bridgehead atoms. The van der Waals surface area contributed by atoms with Gasteiger partial charge in [0.2, 0.25) is 0 Å². The summed E-state index contributed by atoms with van der Waals surface area (Å²) in [6.07, 6.45) is 1.33. The molecule has 33 heavy (non-hydrogen) atoms. The maximum atomic E-state index is 12.5. The van der Waals surface area contributed by atoms with Gasteiger partial charge in [-0.3, -0.25) is 9.59 Å². The number of hydrogen-bond donors (Lipinski definition) is 3. The Bertz CT molecular complexity index is 1230. The van der Waals surface area contributed by atoms with Crippen LogP contribution in [-0.2, 0) is 9.59 Å². The first-order chi connectivity index (χ1) is 15.8. The summed E-state index contributed by atoms with van der Waals surface area (Å²) in [5.74, 6) is -0.680. The highest BCUT2D eigenvalue weighted by atomic mass is 35.5. The van der Waals surface area contributed by atoms with Gasteiger partial charge in [0, 0.05) is 22.0 Å². The van der Waals surface area contributed by atoms with Crippen LogP contribution in [0.15, 0.2) is 72.3 Å². The minimum absolute atomic E-state index is 0.0520. The van der Waals surface area contributed by atoms with Gasteiger partial charge in [-0.2, -0.15) is 5.26 Å². The van der Waals surface area contributed by atoms with Gasteiger partial charge in [-0.25, -0.2) is 0 Å². The summed E-state index contributed by atoms with van der Waals surface area (Å²) in [4.78, 5) is 24.8. The van der Waals surface area contributed by atoms with Crippen molar-refractivity contribution in [3.8, 4) is 17.6 Å². The van der Waals surface area contributed by atoms with E-state index in [0.29, 0.717) is 22.0 Å². The Morgan fingerprint density at radius 1 is 1.03 bits per heavy atom. The van der Waals surface area contributed by atoms with Crippen LogP contribution in [-0.4, -0.2) is 23.5 Å². The first-order valence-electron chi connectivity index (χ1n) is 9.85. The predicted molar refractivity (Wildman–Crippen MR) is 127 cm³/mol. The van der Waals surface area contributed by atoms with Crippen molar-refractivity contribution >= 4 is 40.9 Å². The molecule has 7 nitrogen and oxygen atoms in total. The van der Waals surface area contributed by atoms with Gasteiger partial charge in [0.15, 0.2) is 6.61 Å². The number of ether oxygens (including phenoxy) is 1. The van der Waals surface area contributed by atoms with Crippen LogP contribution < -0.4 is 15.4 Å². The van der Waals surface area contributed by atoms with E-state index in [1.54, 1.807) is 24.3 Å². The molecule has 0 fully saturated rings. The Balaban J connectivity index is 1.73. The summed E-state index contributed by atoms with van der Waals surface area (Å²) in [6.45, 7) is 1.67. The van der Waals surface area contributed by atoms with Gasteiger partial charge in [0.05, 0.1) is 0 Å². The lowest BCUT2D eigenvalue weighted by atomic mass is 10.1. The van der Waals surface area contributed by atoms with Gasteiger partial charge >= 0.3 is 0 Å². The molecule has 3 aromatic carbocycles. The maximum absolute atomic E-state index is 12.5. The number of amides is 2. The van der Waals surface area contributed by atoms with Gasteiger partial charge in [0.1, 0.15) is 23.1 Å². The molecule has 166 valence electrons. The van der Waals surface area contributed by atoms with Crippen LogP contribution in [0, 0.1) is 18.3 Å². The van der Waals surface area contributed by atoms with Crippen LogP contribution in [0.25, 0.3) is 6.08 Å². The summed E-state index contributed by atoms with van der Waals surface area (Å²) in [6, 6.07) is 19.7. The van der Waals surface area contributed by atoms with E-state index in [4.69, 9.17) is 16.3 Å². The summed E-state index contributed by atoms with van der Waals surface area (Å²) in [7, 11) is 0. The van der Waals surface area contributed by atoms with E-state index >= 15 is 0 Å². The molecule has 0 heterocycles.